The lowest BCUT2D eigenvalue weighted by atomic mass is 9.31. The van der Waals surface area contributed by atoms with E-state index in [1.807, 2.05) is 0 Å². The van der Waals surface area contributed by atoms with Crippen LogP contribution in [0.25, 0.3) is 0 Å². The van der Waals surface area contributed by atoms with Crippen LogP contribution in [0.4, 0.5) is 0 Å². The molecular formula is C30H48O2. The number of rotatable bonds is 0. The van der Waals surface area contributed by atoms with Crippen LogP contribution in [0.2, 0.25) is 0 Å². The number of carbonyl (C=O) groups excluding carboxylic acids is 1. The Kier molecular flexibility index (Phi) is 4.31. The molecule has 0 radical (unpaired) electrons. The van der Waals surface area contributed by atoms with Gasteiger partial charge < -0.3 is 4.74 Å². The molecule has 6 aliphatic rings. The lowest BCUT2D eigenvalue weighted by Crippen LogP contribution is -2.67. The molecule has 180 valence electrons. The molecule has 0 aromatic heterocycles. The van der Waals surface area contributed by atoms with Gasteiger partial charge in [0, 0.05) is 11.8 Å². The van der Waals surface area contributed by atoms with Crippen LogP contribution in [0, 0.1) is 56.2 Å². The summed E-state index contributed by atoms with van der Waals surface area (Å²) in [5.74, 6) is 3.46. The molecule has 0 aromatic rings. The predicted octanol–water partition coefficient (Wildman–Crippen LogP) is 7.45. The molecule has 5 aliphatic carbocycles. The monoisotopic (exact) mass is 440 g/mol. The fourth-order valence-electron chi connectivity index (χ4n) is 11.8. The summed E-state index contributed by atoms with van der Waals surface area (Å²) in [4.78, 5) is 12.9. The number of ether oxygens (including phenoxy) is 1. The Hall–Kier alpha value is -0.370. The molecule has 0 spiro atoms. The van der Waals surface area contributed by atoms with Crippen molar-refractivity contribution in [3.05, 3.63) is 0 Å². The van der Waals surface area contributed by atoms with E-state index in [1.54, 1.807) is 0 Å². The van der Waals surface area contributed by atoms with Gasteiger partial charge in [0.05, 0.1) is 12.7 Å². The SMILES string of the molecule is CC1(C)CC[C@@]23CC[C@]4(C)[C@H](CC[C@@H]5[C@@]6(C)CCC(=O)C(C)(C)[C@@H]6CC[C@]54C)[C@@H]2[C@H]1OC3. The molecule has 9 atom stereocenters. The van der Waals surface area contributed by atoms with Crippen molar-refractivity contribution in [3.8, 4) is 0 Å². The maximum Gasteiger partial charge on any atom is 0.138 e. The lowest BCUT2D eigenvalue weighted by Gasteiger charge is -2.72. The Morgan fingerprint density at radius 2 is 1.47 bits per heavy atom. The van der Waals surface area contributed by atoms with Crippen molar-refractivity contribution in [1.29, 1.82) is 0 Å². The first kappa shape index (κ1) is 22.1. The van der Waals surface area contributed by atoms with Gasteiger partial charge in [0.25, 0.3) is 0 Å². The van der Waals surface area contributed by atoms with E-state index in [-0.39, 0.29) is 5.41 Å². The van der Waals surface area contributed by atoms with Crippen LogP contribution < -0.4 is 0 Å². The number of hydrogen-bond acceptors (Lipinski definition) is 2. The van der Waals surface area contributed by atoms with Crippen molar-refractivity contribution in [2.24, 2.45) is 56.2 Å². The van der Waals surface area contributed by atoms with Gasteiger partial charge in [0.15, 0.2) is 0 Å². The second-order valence-corrected chi connectivity index (χ2v) is 15.4. The molecule has 1 saturated heterocycles. The summed E-state index contributed by atoms with van der Waals surface area (Å²) in [6.45, 7) is 18.6. The average Bonchev–Trinajstić information content (AvgIpc) is 3.05. The van der Waals surface area contributed by atoms with E-state index in [1.165, 1.54) is 51.4 Å². The highest BCUT2D eigenvalue weighted by Gasteiger charge is 2.72. The molecule has 5 saturated carbocycles. The minimum Gasteiger partial charge on any atom is -0.377 e. The van der Waals surface area contributed by atoms with Crippen molar-refractivity contribution in [3.63, 3.8) is 0 Å². The van der Waals surface area contributed by atoms with Crippen LogP contribution in [0.5, 0.6) is 0 Å². The van der Waals surface area contributed by atoms with Crippen molar-refractivity contribution < 1.29 is 9.53 Å². The van der Waals surface area contributed by atoms with Crippen molar-refractivity contribution in [1.82, 2.24) is 0 Å². The maximum atomic E-state index is 12.9. The minimum absolute atomic E-state index is 0.136. The highest BCUT2D eigenvalue weighted by Crippen LogP contribution is 2.77. The summed E-state index contributed by atoms with van der Waals surface area (Å²) in [5.41, 5.74) is 1.83. The third-order valence-corrected chi connectivity index (χ3v) is 13.9. The molecule has 2 bridgehead atoms. The van der Waals surface area contributed by atoms with Crippen LogP contribution in [-0.2, 0) is 9.53 Å². The summed E-state index contributed by atoms with van der Waals surface area (Å²) in [6, 6.07) is 0. The van der Waals surface area contributed by atoms with Crippen LogP contribution in [-0.4, -0.2) is 18.5 Å². The smallest absolute Gasteiger partial charge is 0.138 e. The fourth-order valence-corrected chi connectivity index (χ4v) is 11.8. The van der Waals surface area contributed by atoms with Crippen LogP contribution in [0.3, 0.4) is 0 Å². The van der Waals surface area contributed by atoms with Gasteiger partial charge in [-0.1, -0.05) is 48.5 Å². The van der Waals surface area contributed by atoms with Crippen molar-refractivity contribution >= 4 is 5.78 Å². The molecule has 0 amide bonds. The van der Waals surface area contributed by atoms with Gasteiger partial charge >= 0.3 is 0 Å². The van der Waals surface area contributed by atoms with E-state index in [0.717, 1.165) is 37.2 Å². The Morgan fingerprint density at radius 1 is 0.750 bits per heavy atom. The molecule has 0 aromatic carbocycles. The highest BCUT2D eigenvalue weighted by atomic mass is 16.5. The van der Waals surface area contributed by atoms with Crippen molar-refractivity contribution in [2.75, 3.05) is 6.61 Å². The number of fused-ring (bicyclic) bond motifs is 5. The predicted molar refractivity (Wildman–Crippen MR) is 129 cm³/mol. The molecule has 6 fully saturated rings. The average molecular weight is 441 g/mol. The third kappa shape index (κ3) is 2.35. The number of ketones is 1. The van der Waals surface area contributed by atoms with E-state index < -0.39 is 0 Å². The molecule has 1 aliphatic heterocycles. The molecule has 1 heterocycles. The molecule has 6 rings (SSSR count). The molecular weight excluding hydrogens is 392 g/mol. The first-order valence-corrected chi connectivity index (χ1v) is 14.0. The Morgan fingerprint density at radius 3 is 2.22 bits per heavy atom. The van der Waals surface area contributed by atoms with E-state index in [4.69, 9.17) is 4.74 Å². The zero-order valence-corrected chi connectivity index (χ0v) is 22.0. The van der Waals surface area contributed by atoms with Gasteiger partial charge in [-0.2, -0.15) is 0 Å². The molecule has 2 nitrogen and oxygen atoms in total. The van der Waals surface area contributed by atoms with Crippen LogP contribution in [0.15, 0.2) is 0 Å². The quantitative estimate of drug-likeness (QED) is 0.391. The number of hydrogen-bond donors (Lipinski definition) is 0. The number of carbonyl (C=O) groups is 1. The summed E-state index contributed by atoms with van der Waals surface area (Å²) in [6.07, 6.45) is 13.3. The third-order valence-electron chi connectivity index (χ3n) is 13.9. The summed E-state index contributed by atoms with van der Waals surface area (Å²) in [5, 5.41) is 0. The topological polar surface area (TPSA) is 26.3 Å². The maximum absolute atomic E-state index is 12.9. The fraction of sp³-hybridized carbons (Fsp3) is 0.967. The second-order valence-electron chi connectivity index (χ2n) is 15.4. The van der Waals surface area contributed by atoms with Gasteiger partial charge in [-0.05, 0) is 109 Å². The summed E-state index contributed by atoms with van der Waals surface area (Å²) >= 11 is 0. The molecule has 32 heavy (non-hydrogen) atoms. The van der Waals surface area contributed by atoms with Gasteiger partial charge in [-0.15, -0.1) is 0 Å². The first-order chi connectivity index (χ1) is 14.8. The molecule has 0 N–H and O–H groups in total. The van der Waals surface area contributed by atoms with E-state index in [2.05, 4.69) is 48.5 Å². The summed E-state index contributed by atoms with van der Waals surface area (Å²) < 4.78 is 6.70. The Balaban J connectivity index is 1.40. The van der Waals surface area contributed by atoms with Gasteiger partial charge in [0.2, 0.25) is 0 Å². The zero-order chi connectivity index (χ0) is 22.9. The Bertz CT molecular complexity index is 842. The van der Waals surface area contributed by atoms with Crippen molar-refractivity contribution in [2.45, 2.75) is 119 Å². The zero-order valence-electron chi connectivity index (χ0n) is 22.0. The minimum atomic E-state index is -0.136. The largest absolute Gasteiger partial charge is 0.377 e. The molecule has 0 unspecified atom stereocenters. The van der Waals surface area contributed by atoms with Crippen LogP contribution in [0.1, 0.15) is 113 Å². The van der Waals surface area contributed by atoms with Gasteiger partial charge in [-0.25, -0.2) is 0 Å². The second kappa shape index (κ2) is 6.24. The number of Topliss-reactive ketones (excluding diaryl/α,β-unsaturated/α-hetero) is 1. The van der Waals surface area contributed by atoms with Crippen LogP contribution >= 0.6 is 0 Å². The normalized spacial score (nSPS) is 57.7. The molecule has 2 heteroatoms. The first-order valence-electron chi connectivity index (χ1n) is 14.0. The standard InChI is InChI=1S/C30H48O2/c1-25(2)14-16-30-17-15-28(6)19(23(30)24(25)32-18-30)8-9-21-27(5)12-11-22(31)26(3,4)20(27)10-13-29(21,28)7/h19-21,23-24H,8-18H2,1-7H3/t19-,20+,21-,23-,24-,27+,28-,29-,30+/m1/s1. The van der Waals surface area contributed by atoms with Gasteiger partial charge in [0.1, 0.15) is 5.78 Å². The highest BCUT2D eigenvalue weighted by molar-refractivity contribution is 5.85. The van der Waals surface area contributed by atoms with E-state index >= 15 is 0 Å². The van der Waals surface area contributed by atoms with E-state index in [9.17, 15) is 4.79 Å². The van der Waals surface area contributed by atoms with Gasteiger partial charge in [-0.3, -0.25) is 4.79 Å². The summed E-state index contributed by atoms with van der Waals surface area (Å²) in [7, 11) is 0. The lowest BCUT2D eigenvalue weighted by molar-refractivity contribution is -0.239. The van der Waals surface area contributed by atoms with E-state index in [0.29, 0.717) is 44.9 Å². The Labute approximate surface area is 197 Å².